The molecule has 1 saturated heterocycles. The molecule has 0 aliphatic carbocycles. The van der Waals surface area contributed by atoms with Crippen LogP contribution in [0.2, 0.25) is 18.6 Å². The highest BCUT2D eigenvalue weighted by Gasteiger charge is 2.51. The summed E-state index contributed by atoms with van der Waals surface area (Å²) in [6.07, 6.45) is 1.90. The number of anilines is 1. The van der Waals surface area contributed by atoms with Crippen LogP contribution in [-0.4, -0.2) is 61.3 Å². The van der Waals surface area contributed by atoms with Crippen molar-refractivity contribution in [2.75, 3.05) is 18.2 Å². The number of amides is 2. The van der Waals surface area contributed by atoms with Crippen LogP contribution in [0.1, 0.15) is 49.3 Å². The van der Waals surface area contributed by atoms with E-state index in [0.717, 1.165) is 34.5 Å². The van der Waals surface area contributed by atoms with Gasteiger partial charge in [0, 0.05) is 31.5 Å². The van der Waals surface area contributed by atoms with Gasteiger partial charge < -0.3 is 18.9 Å². The normalized spacial score (nSPS) is 21.9. The lowest BCUT2D eigenvalue weighted by molar-refractivity contribution is -0.135. The molecule has 3 aromatic rings. The molecule has 9 heteroatoms. The molecule has 45 heavy (non-hydrogen) atoms. The number of halogens is 1. The first-order chi connectivity index (χ1) is 21.6. The van der Waals surface area contributed by atoms with Crippen molar-refractivity contribution in [2.24, 2.45) is 11.0 Å². The highest BCUT2D eigenvalue weighted by molar-refractivity contribution is 6.72. The maximum atomic E-state index is 15.7. The molecule has 238 valence electrons. The van der Waals surface area contributed by atoms with Crippen molar-refractivity contribution in [1.29, 1.82) is 0 Å². The zero-order valence-electron chi connectivity index (χ0n) is 26.4. The second kappa shape index (κ2) is 14.6. The van der Waals surface area contributed by atoms with Gasteiger partial charge in [-0.15, -0.1) is 0 Å². The smallest absolute Gasteiger partial charge is 0.247 e. The Morgan fingerprint density at radius 2 is 1.64 bits per heavy atom. The molecule has 0 saturated carbocycles. The number of hydrazone groups is 1. The predicted molar refractivity (Wildman–Crippen MR) is 178 cm³/mol. The number of nitrogens with zero attached hydrogens (tertiary/aromatic N) is 3. The second-order valence-electron chi connectivity index (χ2n) is 12.7. The summed E-state index contributed by atoms with van der Waals surface area (Å²) >= 11 is 0. The number of ether oxygens (including phenoxy) is 1. The number of carbonyl (C=O) groups is 2. The molecule has 0 unspecified atom stereocenters. The minimum absolute atomic E-state index is 0.0223. The topological polar surface area (TPSA) is 82.4 Å². The van der Waals surface area contributed by atoms with Crippen LogP contribution < -0.4 is 5.01 Å². The van der Waals surface area contributed by atoms with E-state index in [9.17, 15) is 14.7 Å². The van der Waals surface area contributed by atoms with Crippen molar-refractivity contribution >= 4 is 31.6 Å². The van der Waals surface area contributed by atoms with E-state index in [1.807, 2.05) is 84.9 Å². The van der Waals surface area contributed by atoms with Gasteiger partial charge in [0.15, 0.2) is 0 Å². The largest absolute Gasteiger partial charge is 0.395 e. The van der Waals surface area contributed by atoms with Gasteiger partial charge in [0.1, 0.15) is 0 Å². The summed E-state index contributed by atoms with van der Waals surface area (Å²) in [6, 6.07) is 27.5. The zero-order chi connectivity index (χ0) is 32.0. The highest BCUT2D eigenvalue weighted by Crippen LogP contribution is 2.47. The first-order valence-electron chi connectivity index (χ1n) is 16.0. The molecule has 7 nitrogen and oxygen atoms in total. The monoisotopic (exact) mass is 629 g/mol. The zero-order valence-corrected chi connectivity index (χ0v) is 27.4. The van der Waals surface area contributed by atoms with E-state index < -0.39 is 14.5 Å². The molecule has 1 N–H and O–H groups in total. The van der Waals surface area contributed by atoms with E-state index in [0.29, 0.717) is 25.8 Å². The van der Waals surface area contributed by atoms with Gasteiger partial charge in [-0.05, 0) is 60.7 Å². The van der Waals surface area contributed by atoms with E-state index in [4.69, 9.17) is 4.74 Å². The number of carbonyl (C=O) groups excluding carboxylic acids is 2. The standard InChI is InChI=1S/C36H44FN3O4Si/c1-26-32(44-33(36(26)45(2,3)37)24-35(43)39(22-23-41)25-28-10-6-4-7-11-28)20-16-27-14-17-30(18-15-27)40-34(42)21-19-31(38-40)29-12-8-5-9-13-29/h4-15,17-18,26,32-33,36,41H,16,19-25H2,1-3H3/t26-,32+,33-,36+/m1/s1. The van der Waals surface area contributed by atoms with Crippen LogP contribution in [0.15, 0.2) is 90.0 Å². The fourth-order valence-electron chi connectivity index (χ4n) is 6.80. The summed E-state index contributed by atoms with van der Waals surface area (Å²) in [7, 11) is -3.15. The first kappa shape index (κ1) is 32.7. The fraction of sp³-hybridized carbons (Fsp3) is 0.417. The quantitative estimate of drug-likeness (QED) is 0.183. The Balaban J connectivity index is 1.23. The van der Waals surface area contributed by atoms with Gasteiger partial charge in [0.2, 0.25) is 20.2 Å². The van der Waals surface area contributed by atoms with E-state index in [1.54, 1.807) is 18.0 Å². The maximum Gasteiger partial charge on any atom is 0.247 e. The Bertz CT molecular complexity index is 1460. The summed E-state index contributed by atoms with van der Waals surface area (Å²) in [5, 5.41) is 15.8. The Hall–Kier alpha value is -3.66. The van der Waals surface area contributed by atoms with Crippen molar-refractivity contribution in [1.82, 2.24) is 4.90 Å². The highest BCUT2D eigenvalue weighted by atomic mass is 28.4. The summed E-state index contributed by atoms with van der Waals surface area (Å²) in [6.45, 7) is 5.94. The molecule has 2 heterocycles. The average molecular weight is 630 g/mol. The third-order valence-corrected chi connectivity index (χ3v) is 11.5. The van der Waals surface area contributed by atoms with Crippen LogP contribution in [0.5, 0.6) is 0 Å². The van der Waals surface area contributed by atoms with Gasteiger partial charge in [-0.25, -0.2) is 5.01 Å². The number of hydrogen-bond acceptors (Lipinski definition) is 5. The summed E-state index contributed by atoms with van der Waals surface area (Å²) in [5.74, 6) is -0.178. The summed E-state index contributed by atoms with van der Waals surface area (Å²) < 4.78 is 22.2. The molecule has 2 aliphatic heterocycles. The van der Waals surface area contributed by atoms with Crippen LogP contribution in [-0.2, 0) is 27.3 Å². The molecule has 2 amide bonds. The summed E-state index contributed by atoms with van der Waals surface area (Å²) in [4.78, 5) is 27.8. The van der Waals surface area contributed by atoms with E-state index in [-0.39, 0.29) is 48.9 Å². The summed E-state index contributed by atoms with van der Waals surface area (Å²) in [5.41, 5.74) is 4.42. The molecule has 5 rings (SSSR count). The van der Waals surface area contributed by atoms with E-state index in [1.165, 1.54) is 5.01 Å². The van der Waals surface area contributed by atoms with Crippen LogP contribution in [0.4, 0.5) is 9.80 Å². The van der Waals surface area contributed by atoms with Gasteiger partial charge in [-0.2, -0.15) is 5.10 Å². The SMILES string of the molecule is C[C@H]1[C@H]([Si](C)(C)F)[C@@H](CC(=O)N(CCO)Cc2ccccc2)O[C@H]1CCc1ccc(N2N=C(c3ccccc3)CCC2=O)cc1. The molecule has 0 spiro atoms. The van der Waals surface area contributed by atoms with Crippen LogP contribution in [0.3, 0.4) is 0 Å². The van der Waals surface area contributed by atoms with E-state index in [2.05, 4.69) is 12.0 Å². The van der Waals surface area contributed by atoms with Crippen molar-refractivity contribution in [2.45, 2.75) is 76.4 Å². The van der Waals surface area contributed by atoms with Crippen LogP contribution >= 0.6 is 0 Å². The molecule has 2 aliphatic rings. The lowest BCUT2D eigenvalue weighted by atomic mass is 9.95. The van der Waals surface area contributed by atoms with Crippen molar-refractivity contribution in [3.8, 4) is 0 Å². The van der Waals surface area contributed by atoms with Crippen molar-refractivity contribution < 1.29 is 23.5 Å². The number of benzene rings is 3. The Morgan fingerprint density at radius 3 is 2.29 bits per heavy atom. The maximum absolute atomic E-state index is 15.7. The average Bonchev–Trinajstić information content (AvgIpc) is 3.36. The second-order valence-corrected chi connectivity index (χ2v) is 16.5. The molecule has 0 radical (unpaired) electrons. The third-order valence-electron chi connectivity index (χ3n) is 9.05. The first-order valence-corrected chi connectivity index (χ1v) is 18.9. The lowest BCUT2D eigenvalue weighted by Crippen LogP contribution is -2.40. The predicted octanol–water partition coefficient (Wildman–Crippen LogP) is 6.51. The molecule has 0 bridgehead atoms. The molecule has 0 aromatic heterocycles. The molecule has 3 aromatic carbocycles. The van der Waals surface area contributed by atoms with Gasteiger partial charge >= 0.3 is 0 Å². The number of rotatable bonds is 12. The third kappa shape index (κ3) is 8.14. The number of aryl methyl sites for hydroxylation is 1. The van der Waals surface area contributed by atoms with E-state index >= 15 is 4.11 Å². The van der Waals surface area contributed by atoms with Gasteiger partial charge in [0.25, 0.3) is 0 Å². The van der Waals surface area contributed by atoms with Gasteiger partial charge in [-0.3, -0.25) is 9.59 Å². The lowest BCUT2D eigenvalue weighted by Gasteiger charge is -2.30. The van der Waals surface area contributed by atoms with Crippen molar-refractivity contribution in [3.05, 3.63) is 102 Å². The number of aliphatic hydroxyl groups excluding tert-OH is 1. The van der Waals surface area contributed by atoms with Gasteiger partial charge in [0.05, 0.1) is 36.6 Å². The molecular formula is C36H44FN3O4Si. The number of hydrogen-bond donors (Lipinski definition) is 1. The fourth-order valence-corrected chi connectivity index (χ4v) is 9.34. The molecule has 1 fully saturated rings. The number of aliphatic hydroxyl groups is 1. The Labute approximate surface area is 266 Å². The Kier molecular flexibility index (Phi) is 10.6. The molecule has 4 atom stereocenters. The minimum atomic E-state index is -3.15. The van der Waals surface area contributed by atoms with Crippen LogP contribution in [0.25, 0.3) is 0 Å². The molecular weight excluding hydrogens is 585 g/mol. The van der Waals surface area contributed by atoms with Gasteiger partial charge in [-0.1, -0.05) is 79.7 Å². The van der Waals surface area contributed by atoms with Crippen LogP contribution in [0, 0.1) is 5.92 Å². The van der Waals surface area contributed by atoms with Crippen molar-refractivity contribution in [3.63, 3.8) is 0 Å². The Morgan fingerprint density at radius 1 is 0.978 bits per heavy atom. The minimum Gasteiger partial charge on any atom is -0.395 e.